The molecule has 0 bridgehead atoms. The molecule has 2 heterocycles. The molecule has 0 amide bonds. The molecule has 0 aliphatic heterocycles. The molecule has 4 aromatic rings. The van der Waals surface area contributed by atoms with Gasteiger partial charge in [0, 0.05) is 10.7 Å². The minimum Gasteiger partial charge on any atom is -0.316 e. The molecule has 10 heteroatoms. The van der Waals surface area contributed by atoms with Gasteiger partial charge in [-0.05, 0) is 99.0 Å². The number of benzene rings is 2. The number of nitrogens with zero attached hydrogens (tertiary/aromatic N) is 3. The Kier molecular flexibility index (Phi) is 8.95. The van der Waals surface area contributed by atoms with Gasteiger partial charge in [0.25, 0.3) is 5.56 Å². The van der Waals surface area contributed by atoms with E-state index in [1.165, 1.54) is 59.8 Å². The van der Waals surface area contributed by atoms with Gasteiger partial charge >= 0.3 is 0 Å². The minimum atomic E-state index is -0.386. The van der Waals surface area contributed by atoms with Gasteiger partial charge in [0.15, 0.2) is 8.73 Å². The second-order valence-electron chi connectivity index (χ2n) is 7.48. The highest BCUT2D eigenvalue weighted by molar-refractivity contribution is 7.73. The van der Waals surface area contributed by atoms with E-state index in [1.807, 2.05) is 19.1 Å². The third-order valence-corrected chi connectivity index (χ3v) is 7.53. The topological polar surface area (TPSA) is 46.0 Å². The molecule has 34 heavy (non-hydrogen) atoms. The number of hydrogen-bond donors (Lipinski definition) is 1. The Bertz CT molecular complexity index is 1460. The van der Waals surface area contributed by atoms with Crippen molar-refractivity contribution < 1.29 is 4.39 Å². The van der Waals surface area contributed by atoms with Crippen LogP contribution in [0.5, 0.6) is 0 Å². The summed E-state index contributed by atoms with van der Waals surface area (Å²) in [6.07, 6.45) is 0. The number of rotatable bonds is 5. The zero-order chi connectivity index (χ0) is 25.0. The van der Waals surface area contributed by atoms with Crippen LogP contribution in [-0.2, 0) is 0 Å². The first-order valence-electron chi connectivity index (χ1n) is 10.9. The highest BCUT2D eigenvalue weighted by atomic mass is 35.5. The molecule has 0 unspecified atom stereocenters. The first kappa shape index (κ1) is 26.4. The monoisotopic (exact) mass is 536 g/mol. The van der Waals surface area contributed by atoms with E-state index in [2.05, 4.69) is 30.7 Å². The number of thiazole rings is 1. The van der Waals surface area contributed by atoms with Gasteiger partial charge in [-0.1, -0.05) is 43.7 Å². The van der Waals surface area contributed by atoms with Crippen LogP contribution in [0.1, 0.15) is 26.3 Å². The number of H-pyrrole nitrogens is 1. The number of aromatic amines is 1. The SMILES string of the molecule is CCN(CC)CC.Cc1cc(-n2c(=S)sc3c(=O)n(-c4ccc(F)cc4)c(=S)[nH]c32)ccc1Cl. The summed E-state index contributed by atoms with van der Waals surface area (Å²) in [6.45, 7) is 12.0. The van der Waals surface area contributed by atoms with Crippen LogP contribution in [0.25, 0.3) is 21.7 Å². The van der Waals surface area contributed by atoms with Gasteiger partial charge in [0.2, 0.25) is 0 Å². The van der Waals surface area contributed by atoms with Crippen LogP contribution in [0.3, 0.4) is 0 Å². The standard InChI is InChI=1S/C18H11ClFN3OS3.C6H15N/c1-9-8-12(6-7-13(9)19)22-15-14(27-18(22)26)16(24)23(17(25)21-15)11-4-2-10(20)3-5-11;1-4-7(5-2)6-3/h2-8H,1H3,(H,21,25);4-6H2,1-3H3. The van der Waals surface area contributed by atoms with Crippen LogP contribution < -0.4 is 5.56 Å². The normalized spacial score (nSPS) is 11.0. The Labute approximate surface area is 217 Å². The van der Waals surface area contributed by atoms with E-state index in [0.29, 0.717) is 25.0 Å². The van der Waals surface area contributed by atoms with Gasteiger partial charge in [0.1, 0.15) is 16.2 Å². The summed E-state index contributed by atoms with van der Waals surface area (Å²) >= 11 is 18.2. The van der Waals surface area contributed by atoms with Crippen molar-refractivity contribution >= 4 is 57.7 Å². The maximum Gasteiger partial charge on any atom is 0.278 e. The number of hydrogen-bond acceptors (Lipinski definition) is 5. The van der Waals surface area contributed by atoms with E-state index in [-0.39, 0.29) is 16.1 Å². The Morgan fingerprint density at radius 3 is 2.12 bits per heavy atom. The quantitative estimate of drug-likeness (QED) is 0.277. The Morgan fingerprint density at radius 1 is 1.00 bits per heavy atom. The lowest BCUT2D eigenvalue weighted by molar-refractivity contribution is 0.321. The van der Waals surface area contributed by atoms with E-state index >= 15 is 0 Å². The van der Waals surface area contributed by atoms with Crippen LogP contribution in [-0.4, -0.2) is 38.7 Å². The Balaban J connectivity index is 0.000000406. The van der Waals surface area contributed by atoms with Crippen molar-refractivity contribution in [2.24, 2.45) is 0 Å². The van der Waals surface area contributed by atoms with Gasteiger partial charge in [-0.25, -0.2) is 4.39 Å². The van der Waals surface area contributed by atoms with Crippen LogP contribution >= 0.6 is 47.4 Å². The second-order valence-corrected chi connectivity index (χ2v) is 9.92. The predicted molar refractivity (Wildman–Crippen MR) is 146 cm³/mol. The molecule has 0 saturated carbocycles. The molecule has 0 atom stereocenters. The first-order valence-corrected chi connectivity index (χ1v) is 12.9. The molecular formula is C24H26ClFN4OS3. The van der Waals surface area contributed by atoms with Crippen LogP contribution in [0.4, 0.5) is 4.39 Å². The first-order chi connectivity index (χ1) is 16.2. The lowest BCUT2D eigenvalue weighted by Crippen LogP contribution is -2.21. The largest absolute Gasteiger partial charge is 0.316 e. The molecule has 1 N–H and O–H groups in total. The molecular weight excluding hydrogens is 511 g/mol. The summed E-state index contributed by atoms with van der Waals surface area (Å²) in [7, 11) is 0. The summed E-state index contributed by atoms with van der Waals surface area (Å²) in [5.41, 5.74) is 2.39. The number of halogens is 2. The molecule has 2 aromatic heterocycles. The maximum atomic E-state index is 13.2. The van der Waals surface area contributed by atoms with Crippen molar-refractivity contribution in [2.45, 2.75) is 27.7 Å². The fourth-order valence-corrected chi connectivity index (χ4v) is 5.21. The molecule has 0 aliphatic rings. The zero-order valence-electron chi connectivity index (χ0n) is 19.4. The average molecular weight is 537 g/mol. The van der Waals surface area contributed by atoms with Gasteiger partial charge in [-0.15, -0.1) is 0 Å². The van der Waals surface area contributed by atoms with Gasteiger partial charge in [-0.3, -0.25) is 13.9 Å². The summed E-state index contributed by atoms with van der Waals surface area (Å²) in [5, 5.41) is 0.649. The molecule has 0 aliphatic carbocycles. The van der Waals surface area contributed by atoms with Crippen molar-refractivity contribution in [3.05, 3.63) is 77.9 Å². The van der Waals surface area contributed by atoms with Crippen molar-refractivity contribution in [3.63, 3.8) is 0 Å². The summed E-state index contributed by atoms with van der Waals surface area (Å²) in [6, 6.07) is 11.1. The average Bonchev–Trinajstić information content (AvgIpc) is 3.14. The van der Waals surface area contributed by atoms with Crippen molar-refractivity contribution in [1.29, 1.82) is 0 Å². The van der Waals surface area contributed by atoms with Gasteiger partial charge in [0.05, 0.1) is 5.69 Å². The predicted octanol–water partition coefficient (Wildman–Crippen LogP) is 7.08. The molecule has 4 rings (SSSR count). The Morgan fingerprint density at radius 2 is 1.59 bits per heavy atom. The van der Waals surface area contributed by atoms with E-state index < -0.39 is 0 Å². The van der Waals surface area contributed by atoms with Crippen molar-refractivity contribution in [1.82, 2.24) is 19.0 Å². The highest BCUT2D eigenvalue weighted by Crippen LogP contribution is 2.26. The Hall–Kier alpha value is -2.17. The highest BCUT2D eigenvalue weighted by Gasteiger charge is 2.15. The molecule has 5 nitrogen and oxygen atoms in total. The summed E-state index contributed by atoms with van der Waals surface area (Å²) < 4.78 is 17.5. The maximum absolute atomic E-state index is 13.2. The smallest absolute Gasteiger partial charge is 0.278 e. The molecule has 180 valence electrons. The second kappa shape index (κ2) is 11.5. The van der Waals surface area contributed by atoms with Crippen molar-refractivity contribution in [3.8, 4) is 11.4 Å². The van der Waals surface area contributed by atoms with E-state index in [0.717, 1.165) is 11.3 Å². The van der Waals surface area contributed by atoms with Gasteiger partial charge < -0.3 is 9.88 Å². The molecule has 0 fully saturated rings. The lowest BCUT2D eigenvalue weighted by Gasteiger charge is -2.13. The van der Waals surface area contributed by atoms with Crippen LogP contribution in [0, 0.1) is 21.5 Å². The summed E-state index contributed by atoms with van der Waals surface area (Å²) in [5.74, 6) is -0.386. The number of aryl methyl sites for hydroxylation is 1. The van der Waals surface area contributed by atoms with Gasteiger partial charge in [-0.2, -0.15) is 0 Å². The van der Waals surface area contributed by atoms with E-state index in [9.17, 15) is 9.18 Å². The number of fused-ring (bicyclic) bond motifs is 1. The summed E-state index contributed by atoms with van der Waals surface area (Å²) in [4.78, 5) is 18.5. The fourth-order valence-electron chi connectivity index (χ4n) is 3.48. The minimum absolute atomic E-state index is 0.200. The molecule has 0 saturated heterocycles. The number of aromatic nitrogens is 3. The number of nitrogens with one attached hydrogen (secondary N) is 1. The lowest BCUT2D eigenvalue weighted by atomic mass is 10.2. The van der Waals surface area contributed by atoms with Crippen LogP contribution in [0.15, 0.2) is 47.3 Å². The van der Waals surface area contributed by atoms with Crippen molar-refractivity contribution in [2.75, 3.05) is 19.6 Å². The van der Waals surface area contributed by atoms with E-state index in [4.69, 9.17) is 36.0 Å². The van der Waals surface area contributed by atoms with Crippen LogP contribution in [0.2, 0.25) is 5.02 Å². The van der Waals surface area contributed by atoms with E-state index in [1.54, 1.807) is 10.6 Å². The third-order valence-electron chi connectivity index (χ3n) is 5.46. The molecule has 2 aromatic carbocycles. The molecule has 0 radical (unpaired) electrons. The third kappa shape index (κ3) is 5.55. The fraction of sp³-hybridized carbons (Fsp3) is 0.292. The zero-order valence-corrected chi connectivity index (χ0v) is 22.6. The molecule has 0 spiro atoms.